The van der Waals surface area contributed by atoms with E-state index in [1.165, 1.54) is 4.90 Å². The molecule has 0 aliphatic carbocycles. The van der Waals surface area contributed by atoms with Crippen molar-refractivity contribution in [3.63, 3.8) is 0 Å². The predicted molar refractivity (Wildman–Crippen MR) is 45.6 cm³/mol. The summed E-state index contributed by atoms with van der Waals surface area (Å²) in [6, 6.07) is 0. The highest BCUT2D eigenvalue weighted by atomic mass is 19.4. The van der Waals surface area contributed by atoms with E-state index in [0.29, 0.717) is 13.0 Å². The minimum absolute atomic E-state index is 0.115. The molecule has 1 fully saturated rings. The lowest BCUT2D eigenvalue weighted by Gasteiger charge is -2.33. The molecule has 1 aliphatic heterocycles. The first-order valence-electron chi connectivity index (χ1n) is 4.43. The number of hydrogen-bond donors (Lipinski definition) is 0. The summed E-state index contributed by atoms with van der Waals surface area (Å²) in [6.07, 6.45) is -2.62. The molecule has 0 aromatic heterocycles. The highest BCUT2D eigenvalue weighted by Gasteiger charge is 2.42. The normalized spacial score (nSPS) is 23.4. The van der Waals surface area contributed by atoms with Gasteiger partial charge in [0.25, 0.3) is 0 Å². The molecule has 14 heavy (non-hydrogen) atoms. The Labute approximate surface area is 80.4 Å². The quantitative estimate of drug-likeness (QED) is 0.602. The van der Waals surface area contributed by atoms with Gasteiger partial charge in [-0.1, -0.05) is 6.58 Å². The summed E-state index contributed by atoms with van der Waals surface area (Å²) in [5.74, 6) is -1.79. The zero-order valence-corrected chi connectivity index (χ0v) is 7.68. The van der Waals surface area contributed by atoms with Gasteiger partial charge in [-0.05, 0) is 18.9 Å². The fraction of sp³-hybridized carbons (Fsp3) is 0.667. The number of alkyl halides is 3. The lowest BCUT2D eigenvalue weighted by molar-refractivity contribution is -0.187. The Hall–Kier alpha value is -1.00. The Morgan fingerprint density at radius 1 is 1.50 bits per heavy atom. The van der Waals surface area contributed by atoms with Crippen LogP contribution >= 0.6 is 0 Å². The van der Waals surface area contributed by atoms with Crippen LogP contribution in [-0.4, -0.2) is 30.1 Å². The number of rotatable bonds is 1. The maximum atomic E-state index is 12.3. The first kappa shape index (κ1) is 11.1. The Morgan fingerprint density at radius 2 is 2.14 bits per heavy atom. The molecule has 0 radical (unpaired) electrons. The number of amides is 1. The van der Waals surface area contributed by atoms with E-state index in [1.807, 2.05) is 0 Å². The van der Waals surface area contributed by atoms with Crippen LogP contribution in [0.15, 0.2) is 12.7 Å². The minimum atomic E-state index is -4.19. The Kier molecular flexibility index (Phi) is 3.18. The summed E-state index contributed by atoms with van der Waals surface area (Å²) in [6.45, 7) is 3.42. The van der Waals surface area contributed by atoms with E-state index >= 15 is 0 Å². The van der Waals surface area contributed by atoms with E-state index in [0.717, 1.165) is 6.08 Å². The Bertz CT molecular complexity index is 237. The molecule has 2 nitrogen and oxygen atoms in total. The van der Waals surface area contributed by atoms with E-state index in [-0.39, 0.29) is 13.0 Å². The molecule has 80 valence electrons. The van der Waals surface area contributed by atoms with Gasteiger partial charge < -0.3 is 4.90 Å². The molecular weight excluding hydrogens is 195 g/mol. The van der Waals surface area contributed by atoms with Crippen LogP contribution in [0.1, 0.15) is 12.8 Å². The van der Waals surface area contributed by atoms with Crippen molar-refractivity contribution < 1.29 is 18.0 Å². The standard InChI is InChI=1S/C9H12F3NO/c1-2-8(14)13-5-3-4-7(6-13)9(10,11)12/h2,7H,1,3-6H2. The number of piperidine rings is 1. The fourth-order valence-corrected chi connectivity index (χ4v) is 1.57. The SMILES string of the molecule is C=CC(=O)N1CCCC(C(F)(F)F)C1. The molecule has 0 spiro atoms. The third-order valence-corrected chi connectivity index (χ3v) is 2.37. The maximum Gasteiger partial charge on any atom is 0.393 e. The molecule has 1 heterocycles. The average Bonchev–Trinajstić information content (AvgIpc) is 2.15. The third-order valence-electron chi connectivity index (χ3n) is 2.37. The lowest BCUT2D eigenvalue weighted by Crippen LogP contribution is -2.43. The third kappa shape index (κ3) is 2.49. The second kappa shape index (κ2) is 4.02. The molecular formula is C9H12F3NO. The van der Waals surface area contributed by atoms with E-state index in [9.17, 15) is 18.0 Å². The van der Waals surface area contributed by atoms with Gasteiger partial charge in [0.1, 0.15) is 0 Å². The number of carbonyl (C=O) groups excluding carboxylic acids is 1. The summed E-state index contributed by atoms with van der Waals surface area (Å²) in [5, 5.41) is 0. The van der Waals surface area contributed by atoms with Gasteiger partial charge in [0.2, 0.25) is 5.91 Å². The Morgan fingerprint density at radius 3 is 2.64 bits per heavy atom. The van der Waals surface area contributed by atoms with Crippen LogP contribution in [0.25, 0.3) is 0 Å². The second-order valence-corrected chi connectivity index (χ2v) is 3.37. The highest BCUT2D eigenvalue weighted by Crippen LogP contribution is 2.33. The lowest BCUT2D eigenvalue weighted by atomic mass is 9.97. The summed E-state index contributed by atoms with van der Waals surface area (Å²) < 4.78 is 37.0. The van der Waals surface area contributed by atoms with Crippen LogP contribution in [-0.2, 0) is 4.79 Å². The zero-order valence-electron chi connectivity index (χ0n) is 7.68. The molecule has 1 unspecified atom stereocenters. The van der Waals surface area contributed by atoms with Crippen molar-refractivity contribution in [2.45, 2.75) is 19.0 Å². The van der Waals surface area contributed by atoms with E-state index in [4.69, 9.17) is 0 Å². The minimum Gasteiger partial charge on any atom is -0.339 e. The molecule has 5 heteroatoms. The predicted octanol–water partition coefficient (Wildman–Crippen LogP) is 1.97. The largest absolute Gasteiger partial charge is 0.393 e. The number of hydrogen-bond acceptors (Lipinski definition) is 1. The number of carbonyl (C=O) groups is 1. The average molecular weight is 207 g/mol. The van der Waals surface area contributed by atoms with Gasteiger partial charge in [-0.3, -0.25) is 4.79 Å². The van der Waals surface area contributed by atoms with Crippen LogP contribution < -0.4 is 0 Å². The molecule has 1 atom stereocenters. The Balaban J connectivity index is 2.60. The first-order valence-corrected chi connectivity index (χ1v) is 4.43. The van der Waals surface area contributed by atoms with Crippen molar-refractivity contribution in [3.8, 4) is 0 Å². The van der Waals surface area contributed by atoms with Gasteiger partial charge >= 0.3 is 6.18 Å². The molecule has 1 aliphatic rings. The summed E-state index contributed by atoms with van der Waals surface area (Å²) in [4.78, 5) is 12.3. The maximum absolute atomic E-state index is 12.3. The van der Waals surface area contributed by atoms with Crippen molar-refractivity contribution in [2.24, 2.45) is 5.92 Å². The van der Waals surface area contributed by atoms with Crippen molar-refractivity contribution >= 4 is 5.91 Å². The van der Waals surface area contributed by atoms with Gasteiger partial charge in [0, 0.05) is 13.1 Å². The van der Waals surface area contributed by atoms with Crippen LogP contribution in [0.2, 0.25) is 0 Å². The summed E-state index contributed by atoms with van der Waals surface area (Å²) in [7, 11) is 0. The molecule has 1 amide bonds. The van der Waals surface area contributed by atoms with Crippen molar-refractivity contribution in [1.29, 1.82) is 0 Å². The zero-order chi connectivity index (χ0) is 10.8. The number of likely N-dealkylation sites (tertiary alicyclic amines) is 1. The number of halogens is 3. The van der Waals surface area contributed by atoms with Crippen LogP contribution in [0.5, 0.6) is 0 Å². The molecule has 0 saturated carbocycles. The molecule has 0 aromatic rings. The summed E-state index contributed by atoms with van der Waals surface area (Å²) in [5.41, 5.74) is 0. The highest BCUT2D eigenvalue weighted by molar-refractivity contribution is 5.87. The fourth-order valence-electron chi connectivity index (χ4n) is 1.57. The van der Waals surface area contributed by atoms with Gasteiger partial charge in [0.05, 0.1) is 5.92 Å². The molecule has 1 rings (SSSR count). The van der Waals surface area contributed by atoms with E-state index in [1.54, 1.807) is 0 Å². The molecule has 0 N–H and O–H groups in total. The molecule has 0 aromatic carbocycles. The van der Waals surface area contributed by atoms with Crippen molar-refractivity contribution in [1.82, 2.24) is 4.90 Å². The first-order chi connectivity index (χ1) is 6.45. The summed E-state index contributed by atoms with van der Waals surface area (Å²) >= 11 is 0. The molecule has 1 saturated heterocycles. The van der Waals surface area contributed by atoms with Crippen molar-refractivity contribution in [2.75, 3.05) is 13.1 Å². The van der Waals surface area contributed by atoms with Crippen LogP contribution in [0.3, 0.4) is 0 Å². The molecule has 0 bridgehead atoms. The van der Waals surface area contributed by atoms with E-state index < -0.39 is 18.0 Å². The topological polar surface area (TPSA) is 20.3 Å². The monoisotopic (exact) mass is 207 g/mol. The van der Waals surface area contributed by atoms with Gasteiger partial charge in [-0.2, -0.15) is 13.2 Å². The van der Waals surface area contributed by atoms with E-state index in [2.05, 4.69) is 6.58 Å². The van der Waals surface area contributed by atoms with Gasteiger partial charge in [-0.25, -0.2) is 0 Å². The van der Waals surface area contributed by atoms with Crippen LogP contribution in [0.4, 0.5) is 13.2 Å². The second-order valence-electron chi connectivity index (χ2n) is 3.37. The number of nitrogens with zero attached hydrogens (tertiary/aromatic N) is 1. The van der Waals surface area contributed by atoms with Gasteiger partial charge in [0.15, 0.2) is 0 Å². The van der Waals surface area contributed by atoms with Crippen molar-refractivity contribution in [3.05, 3.63) is 12.7 Å². The van der Waals surface area contributed by atoms with Crippen LogP contribution in [0, 0.1) is 5.92 Å². The smallest absolute Gasteiger partial charge is 0.339 e. The van der Waals surface area contributed by atoms with Gasteiger partial charge in [-0.15, -0.1) is 0 Å².